The van der Waals surface area contributed by atoms with Crippen LogP contribution in [0.4, 0.5) is 11.4 Å². The summed E-state index contributed by atoms with van der Waals surface area (Å²) in [6, 6.07) is 16.3. The van der Waals surface area contributed by atoms with Gasteiger partial charge in [0.05, 0.1) is 40.6 Å². The minimum Gasteiger partial charge on any atom is -0.481 e. The molecule has 52 heavy (non-hydrogen) atoms. The maximum atomic E-state index is 12.0. The van der Waals surface area contributed by atoms with Crippen molar-refractivity contribution in [2.45, 2.75) is 70.6 Å². The number of likely N-dealkylation sites (tertiary alicyclic amines) is 1. The predicted octanol–water partition coefficient (Wildman–Crippen LogP) is 5.40. The number of nitriles is 1. The summed E-state index contributed by atoms with van der Waals surface area (Å²) in [5.74, 6) is 0.717. The zero-order valence-electron chi connectivity index (χ0n) is 29.6. The van der Waals surface area contributed by atoms with Gasteiger partial charge in [-0.1, -0.05) is 5.21 Å². The van der Waals surface area contributed by atoms with Crippen molar-refractivity contribution in [3.8, 4) is 23.1 Å². The molecule has 3 N–H and O–H groups in total. The number of aromatic amines is 1. The van der Waals surface area contributed by atoms with Gasteiger partial charge >= 0.3 is 0 Å². The molecule has 0 aliphatic carbocycles. The maximum Gasteiger partial charge on any atom is 0.267 e. The number of pyridine rings is 1. The number of aromatic nitrogens is 5. The molecule has 0 spiro atoms. The fourth-order valence-electron chi connectivity index (χ4n) is 7.90. The SMILES string of the molecule is CC(C)Nc1c(-c2cn(C3CCN(CC4CCN(c5ccc(OC6CCC(=O)NC6=O)cc5)CC4)CC3)nn2)cnc2c1[nH]c1cc(C#N)ccc12. The topological polar surface area (TPSA) is 157 Å². The van der Waals surface area contributed by atoms with Crippen LogP contribution in [0.2, 0.25) is 0 Å². The second-order valence-corrected chi connectivity index (χ2v) is 14.7. The molecule has 3 saturated heterocycles. The molecule has 3 aliphatic heterocycles. The van der Waals surface area contributed by atoms with Crippen LogP contribution in [0.25, 0.3) is 33.2 Å². The van der Waals surface area contributed by atoms with Gasteiger partial charge in [0.15, 0.2) is 6.10 Å². The van der Waals surface area contributed by atoms with Crippen LogP contribution in [0.15, 0.2) is 54.9 Å². The number of carbonyl (C=O) groups is 2. The molecule has 0 radical (unpaired) electrons. The lowest BCUT2D eigenvalue weighted by Gasteiger charge is -2.38. The standard InChI is InChI=1S/C39H44N10O3/c1-24(2)42-37-31(21-41-36-30-8-3-26(20-40)19-32(30)43-38(36)37)33-23-49(46-45-33)28-13-15-47(16-14-28)22-25-11-17-48(18-12-25)27-4-6-29(7-5-27)52-34-9-10-35(50)44-39(34)51/h3-8,19,21,23-25,28,34,43H,9-18,22H2,1-2H3,(H,41,42)(H,44,50,51). The average molecular weight is 701 g/mol. The van der Waals surface area contributed by atoms with Crippen LogP contribution in [-0.4, -0.2) is 86.5 Å². The number of carbonyl (C=O) groups excluding carboxylic acids is 2. The number of benzene rings is 2. The Hall–Kier alpha value is -5.48. The molecular formula is C39H44N10O3. The predicted molar refractivity (Wildman–Crippen MR) is 199 cm³/mol. The molecular weight excluding hydrogens is 656 g/mol. The molecule has 3 aromatic heterocycles. The summed E-state index contributed by atoms with van der Waals surface area (Å²) in [6.45, 7) is 9.48. The molecule has 13 heteroatoms. The first kappa shape index (κ1) is 33.7. The van der Waals surface area contributed by atoms with Crippen molar-refractivity contribution in [3.05, 3.63) is 60.4 Å². The fraction of sp³-hybridized carbons (Fsp3) is 0.436. The van der Waals surface area contributed by atoms with E-state index in [9.17, 15) is 14.9 Å². The highest BCUT2D eigenvalue weighted by Gasteiger charge is 2.29. The molecule has 2 amide bonds. The van der Waals surface area contributed by atoms with E-state index in [1.807, 2.05) is 41.2 Å². The summed E-state index contributed by atoms with van der Waals surface area (Å²) < 4.78 is 7.89. The molecule has 2 aromatic carbocycles. The Morgan fingerprint density at radius 1 is 1.02 bits per heavy atom. The van der Waals surface area contributed by atoms with Gasteiger partial charge in [0.2, 0.25) is 5.91 Å². The van der Waals surface area contributed by atoms with Crippen molar-refractivity contribution < 1.29 is 14.3 Å². The van der Waals surface area contributed by atoms with Crippen molar-refractivity contribution in [3.63, 3.8) is 0 Å². The molecule has 3 aliphatic rings. The molecule has 6 heterocycles. The van der Waals surface area contributed by atoms with E-state index in [2.05, 4.69) is 74.0 Å². The molecule has 5 aromatic rings. The molecule has 1 atom stereocenters. The molecule has 13 nitrogen and oxygen atoms in total. The van der Waals surface area contributed by atoms with Crippen LogP contribution in [0.1, 0.15) is 64.0 Å². The number of hydrogen-bond acceptors (Lipinski definition) is 10. The third-order valence-electron chi connectivity index (χ3n) is 10.7. The summed E-state index contributed by atoms with van der Waals surface area (Å²) >= 11 is 0. The number of nitrogens with one attached hydrogen (secondary N) is 3. The first-order valence-electron chi connectivity index (χ1n) is 18.4. The van der Waals surface area contributed by atoms with Gasteiger partial charge in [-0.15, -0.1) is 5.10 Å². The van der Waals surface area contributed by atoms with Crippen molar-refractivity contribution in [1.82, 2.24) is 35.2 Å². The third-order valence-corrected chi connectivity index (χ3v) is 10.7. The van der Waals surface area contributed by atoms with Crippen LogP contribution in [0.5, 0.6) is 5.75 Å². The summed E-state index contributed by atoms with van der Waals surface area (Å²) in [4.78, 5) is 36.9. The number of fused-ring (bicyclic) bond motifs is 3. The van der Waals surface area contributed by atoms with Gasteiger partial charge in [-0.2, -0.15) is 5.26 Å². The first-order chi connectivity index (χ1) is 25.3. The summed E-state index contributed by atoms with van der Waals surface area (Å²) in [5, 5.41) is 25.6. The van der Waals surface area contributed by atoms with Crippen LogP contribution >= 0.6 is 0 Å². The van der Waals surface area contributed by atoms with Gasteiger partial charge in [-0.3, -0.25) is 19.9 Å². The quantitative estimate of drug-likeness (QED) is 0.170. The molecule has 3 fully saturated rings. The van der Waals surface area contributed by atoms with Crippen LogP contribution in [0.3, 0.4) is 0 Å². The highest BCUT2D eigenvalue weighted by Crippen LogP contribution is 2.37. The maximum absolute atomic E-state index is 12.0. The van der Waals surface area contributed by atoms with E-state index in [0.29, 0.717) is 36.1 Å². The Morgan fingerprint density at radius 3 is 2.54 bits per heavy atom. The molecule has 268 valence electrons. The fourth-order valence-corrected chi connectivity index (χ4v) is 7.90. The van der Waals surface area contributed by atoms with Crippen molar-refractivity contribution in [1.29, 1.82) is 5.26 Å². The van der Waals surface area contributed by atoms with E-state index >= 15 is 0 Å². The lowest BCUT2D eigenvalue weighted by Crippen LogP contribution is -2.46. The second-order valence-electron chi connectivity index (χ2n) is 14.7. The first-order valence-corrected chi connectivity index (χ1v) is 18.4. The van der Waals surface area contributed by atoms with Crippen LogP contribution in [-0.2, 0) is 9.59 Å². The van der Waals surface area contributed by atoms with Crippen molar-refractivity contribution >= 4 is 45.1 Å². The molecule has 1 unspecified atom stereocenters. The van der Waals surface area contributed by atoms with E-state index < -0.39 is 6.10 Å². The lowest BCUT2D eigenvalue weighted by atomic mass is 9.94. The van der Waals surface area contributed by atoms with E-state index in [-0.39, 0.29) is 17.9 Å². The lowest BCUT2D eigenvalue weighted by molar-refractivity contribution is -0.138. The molecule has 0 saturated carbocycles. The number of imide groups is 1. The summed E-state index contributed by atoms with van der Waals surface area (Å²) in [7, 11) is 0. The van der Waals surface area contributed by atoms with E-state index in [4.69, 9.17) is 9.72 Å². The number of nitrogens with zero attached hydrogens (tertiary/aromatic N) is 7. The number of H-pyrrole nitrogens is 1. The Balaban J connectivity index is 0.850. The number of rotatable bonds is 9. The minimum absolute atomic E-state index is 0.192. The number of anilines is 2. The molecule has 0 bridgehead atoms. The zero-order chi connectivity index (χ0) is 35.8. The average Bonchev–Trinajstić information content (AvgIpc) is 3.79. The van der Waals surface area contributed by atoms with Gasteiger partial charge in [0.1, 0.15) is 11.4 Å². The van der Waals surface area contributed by atoms with Crippen molar-refractivity contribution in [2.24, 2.45) is 5.92 Å². The largest absolute Gasteiger partial charge is 0.481 e. The Labute approximate surface area is 302 Å². The van der Waals surface area contributed by atoms with E-state index in [0.717, 1.165) is 97.3 Å². The van der Waals surface area contributed by atoms with Gasteiger partial charge in [0, 0.05) is 80.0 Å². The van der Waals surface area contributed by atoms with Gasteiger partial charge in [-0.25, -0.2) is 4.68 Å². The summed E-state index contributed by atoms with van der Waals surface area (Å²) in [5.41, 5.74) is 7.07. The highest BCUT2D eigenvalue weighted by atomic mass is 16.5. The third kappa shape index (κ3) is 6.90. The second kappa shape index (κ2) is 14.3. The Morgan fingerprint density at radius 2 is 1.81 bits per heavy atom. The highest BCUT2D eigenvalue weighted by molar-refractivity contribution is 6.11. The number of piperidine rings is 3. The Bertz CT molecular complexity index is 2130. The number of amides is 2. The number of ether oxygens (including phenoxy) is 1. The molecule has 8 rings (SSSR count). The normalized spacial score (nSPS) is 19.3. The van der Waals surface area contributed by atoms with Crippen LogP contribution in [0, 0.1) is 17.2 Å². The smallest absolute Gasteiger partial charge is 0.267 e. The van der Waals surface area contributed by atoms with E-state index in [1.165, 1.54) is 5.69 Å². The minimum atomic E-state index is -0.621. The monoisotopic (exact) mass is 700 g/mol. The Kier molecular flexibility index (Phi) is 9.23. The number of hydrogen-bond donors (Lipinski definition) is 3. The van der Waals surface area contributed by atoms with Crippen molar-refractivity contribution in [2.75, 3.05) is 42.9 Å². The van der Waals surface area contributed by atoms with Gasteiger partial charge < -0.3 is 24.8 Å². The van der Waals surface area contributed by atoms with Crippen LogP contribution < -0.4 is 20.3 Å². The summed E-state index contributed by atoms with van der Waals surface area (Å²) in [6.07, 6.45) is 8.42. The van der Waals surface area contributed by atoms with Gasteiger partial charge in [-0.05, 0) is 87.9 Å². The van der Waals surface area contributed by atoms with Gasteiger partial charge in [0.25, 0.3) is 5.91 Å². The zero-order valence-corrected chi connectivity index (χ0v) is 29.6. The van der Waals surface area contributed by atoms with E-state index in [1.54, 1.807) is 0 Å².